The predicted octanol–water partition coefficient (Wildman–Crippen LogP) is 6.02. The molecule has 4 aromatic heterocycles. The van der Waals surface area contributed by atoms with Crippen molar-refractivity contribution in [3.63, 3.8) is 0 Å². The van der Waals surface area contributed by atoms with Gasteiger partial charge in [-0.25, -0.2) is 32.7 Å². The van der Waals surface area contributed by atoms with E-state index in [1.54, 1.807) is 74.3 Å². The number of nitrogens with one attached hydrogen (secondary N) is 4. The molecule has 23 heteroatoms. The van der Waals surface area contributed by atoms with Gasteiger partial charge in [-0.2, -0.15) is 5.10 Å². The van der Waals surface area contributed by atoms with E-state index in [0.717, 1.165) is 23.5 Å². The molecule has 20 nitrogen and oxygen atoms in total. The van der Waals surface area contributed by atoms with Gasteiger partial charge in [0.25, 0.3) is 5.91 Å². The number of aromatic amines is 1. The number of H-pyrrole nitrogens is 1. The molecule has 0 spiro atoms. The Morgan fingerprint density at radius 2 is 1.64 bits per heavy atom. The molecule has 2 aromatic carbocycles. The zero-order valence-corrected chi connectivity index (χ0v) is 46.1. The molecule has 408 valence electrons. The van der Waals surface area contributed by atoms with Crippen LogP contribution in [0.15, 0.2) is 71.3 Å². The van der Waals surface area contributed by atoms with Crippen LogP contribution in [-0.2, 0) is 19.4 Å². The van der Waals surface area contributed by atoms with Crippen molar-refractivity contribution in [3.8, 4) is 5.75 Å². The number of rotatable bonds is 17. The summed E-state index contributed by atoms with van der Waals surface area (Å²) in [6, 6.07) is 10.5. The average molecular weight is 1090 g/mol. The molecule has 7 heterocycles. The number of thiazole rings is 1. The number of halogens is 1. The second-order valence-electron chi connectivity index (χ2n) is 20.9. The smallest absolute Gasteiger partial charge is 0.255 e. The number of piperidine rings is 1. The Labute approximate surface area is 451 Å². The van der Waals surface area contributed by atoms with Crippen LogP contribution < -0.4 is 25.6 Å². The summed E-state index contributed by atoms with van der Waals surface area (Å²) in [6.45, 7) is 15.4. The van der Waals surface area contributed by atoms with Crippen molar-refractivity contribution < 1.29 is 36.7 Å². The second kappa shape index (κ2) is 22.9. The molecular weight excluding hydrogens is 1030 g/mol. The Morgan fingerprint density at radius 3 is 2.30 bits per heavy atom. The molecule has 3 fully saturated rings. The molecule has 0 aliphatic carbocycles. The third kappa shape index (κ3) is 11.8. The summed E-state index contributed by atoms with van der Waals surface area (Å²) in [6.07, 6.45) is 5.38. The number of ether oxygens (including phenoxy) is 1. The number of sulfone groups is 1. The predicted molar refractivity (Wildman–Crippen MR) is 291 cm³/mol. The summed E-state index contributed by atoms with van der Waals surface area (Å²) in [5.41, 5.74) is 3.34. The highest BCUT2D eigenvalue weighted by molar-refractivity contribution is 7.92. The number of pyridine rings is 1. The van der Waals surface area contributed by atoms with Crippen LogP contribution in [0.4, 0.5) is 21.8 Å². The second-order valence-corrected chi connectivity index (χ2v) is 24.5. The number of carbonyl (C=O) groups is 4. The largest absolute Gasteiger partial charge is 0.491 e. The van der Waals surface area contributed by atoms with Crippen LogP contribution in [0.5, 0.6) is 5.75 Å². The van der Waals surface area contributed by atoms with Crippen LogP contribution in [0.2, 0.25) is 0 Å². The van der Waals surface area contributed by atoms with Crippen LogP contribution in [0, 0.1) is 25.6 Å². The number of fused-ring (bicyclic) bond motifs is 1. The lowest BCUT2D eigenvalue weighted by Gasteiger charge is -2.38. The average Bonchev–Trinajstić information content (AvgIpc) is 4.24. The number of hydrogen-bond acceptors (Lipinski definition) is 17. The Hall–Kier alpha value is -6.95. The number of ketones is 1. The van der Waals surface area contributed by atoms with Gasteiger partial charge >= 0.3 is 0 Å². The number of aromatic nitrogens is 6. The first kappa shape index (κ1) is 54.8. The zero-order chi connectivity index (χ0) is 54.8. The normalized spacial score (nSPS) is 17.6. The van der Waals surface area contributed by atoms with Gasteiger partial charge in [0.1, 0.15) is 57.8 Å². The molecule has 77 heavy (non-hydrogen) atoms. The molecule has 0 bridgehead atoms. The first-order chi connectivity index (χ1) is 36.8. The highest BCUT2D eigenvalue weighted by Gasteiger charge is 2.42. The minimum absolute atomic E-state index is 0.0614. The lowest BCUT2D eigenvalue weighted by Crippen LogP contribution is -2.57. The number of carbonyl (C=O) groups excluding carboxylic acids is 4. The van der Waals surface area contributed by atoms with Gasteiger partial charge in [0.2, 0.25) is 17.6 Å². The summed E-state index contributed by atoms with van der Waals surface area (Å²) in [7, 11) is -2.18. The fourth-order valence-corrected chi connectivity index (χ4v) is 12.1. The van der Waals surface area contributed by atoms with Crippen molar-refractivity contribution in [2.75, 3.05) is 76.2 Å². The van der Waals surface area contributed by atoms with E-state index < -0.39 is 32.5 Å². The summed E-state index contributed by atoms with van der Waals surface area (Å²) in [5.74, 6) is 0.288. The molecule has 3 atom stereocenters. The highest BCUT2D eigenvalue weighted by atomic mass is 32.2. The Morgan fingerprint density at radius 1 is 0.909 bits per heavy atom. The molecule has 0 saturated carbocycles. The summed E-state index contributed by atoms with van der Waals surface area (Å²) < 4.78 is 46.8. The quantitative estimate of drug-likeness (QED) is 0.0764. The fourth-order valence-electron chi connectivity index (χ4n) is 9.89. The van der Waals surface area contributed by atoms with Crippen LogP contribution in [0.1, 0.15) is 102 Å². The molecule has 3 saturated heterocycles. The molecule has 3 amide bonds. The van der Waals surface area contributed by atoms with Gasteiger partial charge in [-0.15, -0.1) is 11.3 Å². The van der Waals surface area contributed by atoms with Crippen molar-refractivity contribution in [2.45, 2.75) is 95.0 Å². The number of piperazine rings is 1. The van der Waals surface area contributed by atoms with Crippen LogP contribution in [0.3, 0.4) is 0 Å². The van der Waals surface area contributed by atoms with E-state index in [9.17, 15) is 32.0 Å². The molecule has 9 rings (SSSR count). The van der Waals surface area contributed by atoms with Crippen molar-refractivity contribution in [2.24, 2.45) is 5.92 Å². The maximum atomic E-state index is 14.6. The van der Waals surface area contributed by atoms with Crippen molar-refractivity contribution in [1.82, 2.24) is 55.5 Å². The van der Waals surface area contributed by atoms with Gasteiger partial charge < -0.3 is 35.4 Å². The number of likely N-dealkylation sites (tertiary alicyclic amines) is 2. The molecule has 3 aliphatic rings. The van der Waals surface area contributed by atoms with Crippen molar-refractivity contribution in [1.29, 1.82) is 0 Å². The van der Waals surface area contributed by atoms with Gasteiger partial charge in [-0.05, 0) is 123 Å². The number of likely N-dealkylation sites (N-methyl/N-ethyl adjacent to an activating group) is 1. The maximum absolute atomic E-state index is 14.6. The van der Waals surface area contributed by atoms with E-state index in [1.807, 2.05) is 19.9 Å². The van der Waals surface area contributed by atoms with E-state index in [4.69, 9.17) is 9.72 Å². The SMILES string of the molecule is CNC(C)C(=O)N[C@H](C(=O)N1CCCC1c1nc(C(=O)c2ccc(F)cc2)cs1)C1CCN(C(=O)c2ccc(N3CCN(CCOc4cc5ncnc(Nc6n[nH]c(C)c6C)c5cc4S(=O)(=O)C(C)(C)C)CC3)nc2)CC1. The van der Waals surface area contributed by atoms with Crippen LogP contribution >= 0.6 is 11.3 Å². The van der Waals surface area contributed by atoms with E-state index in [2.05, 4.69) is 50.9 Å². The highest BCUT2D eigenvalue weighted by Crippen LogP contribution is 2.39. The molecule has 6 aromatic rings. The van der Waals surface area contributed by atoms with Gasteiger partial charge in [0, 0.05) is 92.2 Å². The Balaban J connectivity index is 0.787. The topological polar surface area (TPSA) is 241 Å². The van der Waals surface area contributed by atoms with Gasteiger partial charge in [-0.3, -0.25) is 29.2 Å². The summed E-state index contributed by atoms with van der Waals surface area (Å²) in [4.78, 5) is 81.3. The van der Waals surface area contributed by atoms with Gasteiger partial charge in [0.05, 0.1) is 27.9 Å². The maximum Gasteiger partial charge on any atom is 0.255 e. The first-order valence-corrected chi connectivity index (χ1v) is 28.4. The lowest BCUT2D eigenvalue weighted by atomic mass is 9.87. The molecular formula is C54H66FN13O7S2. The summed E-state index contributed by atoms with van der Waals surface area (Å²) in [5, 5.41) is 19.3. The van der Waals surface area contributed by atoms with E-state index in [-0.39, 0.29) is 58.4 Å². The monoisotopic (exact) mass is 1090 g/mol. The zero-order valence-electron chi connectivity index (χ0n) is 44.4. The lowest BCUT2D eigenvalue weighted by molar-refractivity contribution is -0.139. The number of nitrogens with zero attached hydrogens (tertiary/aromatic N) is 9. The molecule has 4 N–H and O–H groups in total. The van der Waals surface area contributed by atoms with E-state index in [0.29, 0.717) is 110 Å². The van der Waals surface area contributed by atoms with Gasteiger partial charge in [0.15, 0.2) is 15.7 Å². The molecule has 2 unspecified atom stereocenters. The molecule has 0 radical (unpaired) electrons. The Bertz CT molecular complexity index is 3240. The first-order valence-electron chi connectivity index (χ1n) is 26.0. The third-order valence-electron chi connectivity index (χ3n) is 15.0. The third-order valence-corrected chi connectivity index (χ3v) is 18.5. The minimum atomic E-state index is -3.86. The Kier molecular flexibility index (Phi) is 16.3. The van der Waals surface area contributed by atoms with Crippen LogP contribution in [-0.4, -0.2) is 160 Å². The number of hydrogen-bond donors (Lipinski definition) is 4. The van der Waals surface area contributed by atoms with Crippen LogP contribution in [0.25, 0.3) is 10.9 Å². The van der Waals surface area contributed by atoms with Gasteiger partial charge in [-0.1, -0.05) is 0 Å². The minimum Gasteiger partial charge on any atom is -0.491 e. The molecule has 3 aliphatic heterocycles. The fraction of sp³-hybridized carbons (Fsp3) is 0.463. The van der Waals surface area contributed by atoms with E-state index >= 15 is 0 Å². The van der Waals surface area contributed by atoms with Crippen molar-refractivity contribution >= 4 is 73.0 Å². The number of amides is 3. The number of anilines is 3. The van der Waals surface area contributed by atoms with Crippen molar-refractivity contribution in [3.05, 3.63) is 105 Å². The number of aryl methyl sites for hydroxylation is 1. The summed E-state index contributed by atoms with van der Waals surface area (Å²) >= 11 is 1.30. The van der Waals surface area contributed by atoms with E-state index in [1.165, 1.54) is 41.9 Å². The standard InChI is InChI=1S/C54H66FN13O7S2/c1-32-33(2)63-64-48(32)62-49-39-27-44(77(73,74)54(4,5)6)43(28-40(39)58-31-59-49)75-26-25-65-21-23-66(24-22-65)45-15-12-37(29-57-45)52(71)67-19-16-35(17-20-67)46(61-50(70)34(3)56-7)53(72)68-18-8-9-42(68)51-60-41(30-76-51)47(69)36-10-13-38(55)14-11-36/h10-15,27-31,34-35,42,46,56H,8-9,16-26H2,1-7H3,(H,61,70)(H2,58,59,62,63,64)/t34?,42?,46-/m0/s1. The number of benzene rings is 2.